The van der Waals surface area contributed by atoms with Gasteiger partial charge in [-0.05, 0) is 73.0 Å². The Balaban J connectivity index is 2.10. The minimum atomic E-state index is -1.30. The van der Waals surface area contributed by atoms with Gasteiger partial charge in [-0.2, -0.15) is 0 Å². The van der Waals surface area contributed by atoms with Crippen molar-refractivity contribution in [2.24, 2.45) is 0 Å². The zero-order chi connectivity index (χ0) is 23.5. The fraction of sp³-hybridized carbons (Fsp3) is 0.667. The highest BCUT2D eigenvalue weighted by Gasteiger charge is 2.40. The molecule has 0 atom stereocenters. The monoisotopic (exact) mass is 456 g/mol. The minimum absolute atomic E-state index is 0.00920. The summed E-state index contributed by atoms with van der Waals surface area (Å²) in [5, 5.41) is 31.2. The summed E-state index contributed by atoms with van der Waals surface area (Å²) < 4.78 is 0. The number of carboxylic acids is 3. The second-order valence-electron chi connectivity index (χ2n) is 10.3. The normalized spacial score (nSPS) is 21.1. The summed E-state index contributed by atoms with van der Waals surface area (Å²) in [6, 6.07) is 0. The highest BCUT2D eigenvalue weighted by atomic mass is 16.4. The zero-order valence-corrected chi connectivity index (χ0v) is 19.4. The summed E-state index contributed by atoms with van der Waals surface area (Å²) in [6.07, 6.45) is 13.7. The first-order valence-corrected chi connectivity index (χ1v) is 12.8. The Morgan fingerprint density at radius 1 is 0.424 bits per heavy atom. The molecule has 0 spiro atoms. The van der Waals surface area contributed by atoms with Crippen LogP contribution >= 0.6 is 0 Å². The third-order valence-electron chi connectivity index (χ3n) is 8.30. The maximum absolute atomic E-state index is 12.9. The van der Waals surface area contributed by atoms with Crippen molar-refractivity contribution in [3.63, 3.8) is 0 Å². The second-order valence-corrected chi connectivity index (χ2v) is 10.3. The average molecular weight is 457 g/mol. The van der Waals surface area contributed by atoms with Crippen molar-refractivity contribution < 1.29 is 29.7 Å². The Labute approximate surface area is 195 Å². The van der Waals surface area contributed by atoms with Crippen LogP contribution in [-0.2, 0) is 0 Å². The van der Waals surface area contributed by atoms with Gasteiger partial charge in [0.2, 0.25) is 0 Å². The fourth-order valence-corrected chi connectivity index (χ4v) is 6.91. The van der Waals surface area contributed by atoms with E-state index in [1.54, 1.807) is 0 Å². The predicted molar refractivity (Wildman–Crippen MR) is 125 cm³/mol. The van der Waals surface area contributed by atoms with E-state index in [4.69, 9.17) is 0 Å². The Kier molecular flexibility index (Phi) is 7.40. The molecule has 6 heteroatoms. The molecule has 180 valence electrons. The van der Waals surface area contributed by atoms with Crippen molar-refractivity contribution in [1.29, 1.82) is 0 Å². The van der Waals surface area contributed by atoms with Gasteiger partial charge >= 0.3 is 17.9 Å². The smallest absolute Gasteiger partial charge is 0.336 e. The Morgan fingerprint density at radius 2 is 0.697 bits per heavy atom. The molecule has 3 fully saturated rings. The van der Waals surface area contributed by atoms with Gasteiger partial charge in [0.1, 0.15) is 0 Å². The number of hydrogen-bond donors (Lipinski definition) is 3. The van der Waals surface area contributed by atoms with Gasteiger partial charge in [0.25, 0.3) is 0 Å². The zero-order valence-electron chi connectivity index (χ0n) is 19.4. The van der Waals surface area contributed by atoms with Crippen molar-refractivity contribution in [3.05, 3.63) is 33.4 Å². The first-order valence-electron chi connectivity index (χ1n) is 12.8. The third kappa shape index (κ3) is 4.67. The lowest BCUT2D eigenvalue weighted by atomic mass is 9.68. The summed E-state index contributed by atoms with van der Waals surface area (Å²) in [4.78, 5) is 38.2. The van der Waals surface area contributed by atoms with E-state index < -0.39 is 17.9 Å². The SMILES string of the molecule is O=C(O)c1c(C(=O)O)c(C2CCCCC2)c(C2CCCCC2)c(C(=O)O)c1C1CCCCC1. The van der Waals surface area contributed by atoms with Crippen LogP contribution in [0, 0.1) is 0 Å². The predicted octanol–water partition coefficient (Wildman–Crippen LogP) is 6.92. The number of carbonyl (C=O) groups is 3. The molecule has 1 aromatic rings. The number of benzene rings is 1. The summed E-state index contributed by atoms with van der Waals surface area (Å²) >= 11 is 0. The number of aromatic carboxylic acids is 3. The highest BCUT2D eigenvalue weighted by Crippen LogP contribution is 2.49. The molecular weight excluding hydrogens is 420 g/mol. The van der Waals surface area contributed by atoms with E-state index in [0.717, 1.165) is 83.5 Å². The summed E-state index contributed by atoms with van der Waals surface area (Å²) in [7, 11) is 0. The van der Waals surface area contributed by atoms with Crippen LogP contribution in [0.4, 0.5) is 0 Å². The van der Waals surface area contributed by atoms with Crippen LogP contribution in [0.1, 0.15) is 162 Å². The van der Waals surface area contributed by atoms with Gasteiger partial charge in [-0.25, -0.2) is 14.4 Å². The van der Waals surface area contributed by atoms with Crippen LogP contribution in [0.2, 0.25) is 0 Å². The van der Waals surface area contributed by atoms with Gasteiger partial charge in [-0.3, -0.25) is 0 Å². The van der Waals surface area contributed by atoms with Crippen molar-refractivity contribution in [2.45, 2.75) is 114 Å². The van der Waals surface area contributed by atoms with Crippen molar-refractivity contribution >= 4 is 17.9 Å². The molecule has 0 amide bonds. The molecule has 1 aromatic carbocycles. The summed E-state index contributed by atoms with van der Waals surface area (Å²) in [5.74, 6) is -3.92. The molecule has 3 aliphatic carbocycles. The van der Waals surface area contributed by atoms with E-state index >= 15 is 0 Å². The van der Waals surface area contributed by atoms with Gasteiger partial charge in [0.05, 0.1) is 16.7 Å². The van der Waals surface area contributed by atoms with Gasteiger partial charge in [-0.15, -0.1) is 0 Å². The molecule has 3 aliphatic rings. The molecular formula is C27H36O6. The van der Waals surface area contributed by atoms with E-state index in [1.165, 1.54) is 0 Å². The number of rotatable bonds is 6. The molecule has 0 unspecified atom stereocenters. The van der Waals surface area contributed by atoms with Gasteiger partial charge in [0.15, 0.2) is 0 Å². The molecule has 4 rings (SSSR count). The van der Waals surface area contributed by atoms with Crippen molar-refractivity contribution in [3.8, 4) is 0 Å². The van der Waals surface area contributed by atoms with Crippen LogP contribution in [0.5, 0.6) is 0 Å². The summed E-state index contributed by atoms with van der Waals surface area (Å²) in [5.41, 5.74) is 1.30. The van der Waals surface area contributed by atoms with E-state index in [0.29, 0.717) is 29.5 Å². The molecule has 0 radical (unpaired) electrons. The van der Waals surface area contributed by atoms with Crippen molar-refractivity contribution in [1.82, 2.24) is 0 Å². The van der Waals surface area contributed by atoms with E-state index in [-0.39, 0.29) is 34.4 Å². The lowest BCUT2D eigenvalue weighted by Gasteiger charge is -2.35. The molecule has 3 N–H and O–H groups in total. The van der Waals surface area contributed by atoms with E-state index in [1.807, 2.05) is 0 Å². The summed E-state index contributed by atoms with van der Waals surface area (Å²) in [6.45, 7) is 0. The van der Waals surface area contributed by atoms with E-state index in [2.05, 4.69) is 0 Å². The Morgan fingerprint density at radius 3 is 1.03 bits per heavy atom. The van der Waals surface area contributed by atoms with Crippen LogP contribution < -0.4 is 0 Å². The highest BCUT2D eigenvalue weighted by molar-refractivity contribution is 6.08. The average Bonchev–Trinajstić information content (AvgIpc) is 2.83. The molecule has 33 heavy (non-hydrogen) atoms. The first-order chi connectivity index (χ1) is 15.9. The Bertz CT molecular complexity index is 915. The second kappa shape index (κ2) is 10.3. The maximum atomic E-state index is 12.9. The molecule has 0 saturated heterocycles. The van der Waals surface area contributed by atoms with Crippen LogP contribution in [0.25, 0.3) is 0 Å². The quantitative estimate of drug-likeness (QED) is 0.428. The van der Waals surface area contributed by atoms with Gasteiger partial charge in [-0.1, -0.05) is 57.8 Å². The molecule has 0 bridgehead atoms. The molecule has 0 aliphatic heterocycles. The van der Waals surface area contributed by atoms with Crippen LogP contribution in [0.15, 0.2) is 0 Å². The minimum Gasteiger partial charge on any atom is -0.478 e. The first kappa shape index (κ1) is 23.8. The number of carboxylic acid groups (broad SMARTS) is 3. The standard InChI is InChI=1S/C27H36O6/c28-25(29)22-19(16-10-4-1-5-11-16)20(17-12-6-2-7-13-17)23(26(30)31)24(27(32)33)21(22)18-14-8-3-9-15-18/h16-18H,1-15H2,(H,28,29)(H,30,31)(H,32,33). The number of hydrogen-bond acceptors (Lipinski definition) is 3. The van der Waals surface area contributed by atoms with Crippen LogP contribution in [-0.4, -0.2) is 33.2 Å². The molecule has 0 heterocycles. The van der Waals surface area contributed by atoms with Crippen LogP contribution in [0.3, 0.4) is 0 Å². The van der Waals surface area contributed by atoms with Gasteiger partial charge < -0.3 is 15.3 Å². The lowest BCUT2D eigenvalue weighted by molar-refractivity contribution is 0.0643. The topological polar surface area (TPSA) is 112 Å². The van der Waals surface area contributed by atoms with Crippen molar-refractivity contribution in [2.75, 3.05) is 0 Å². The fourth-order valence-electron chi connectivity index (χ4n) is 6.91. The molecule has 0 aromatic heterocycles. The third-order valence-corrected chi connectivity index (χ3v) is 8.30. The van der Waals surface area contributed by atoms with E-state index in [9.17, 15) is 29.7 Å². The Hall–Kier alpha value is -2.37. The molecule has 6 nitrogen and oxygen atoms in total. The lowest BCUT2D eigenvalue weighted by Crippen LogP contribution is -2.27. The van der Waals surface area contributed by atoms with Gasteiger partial charge in [0, 0.05) is 0 Å². The maximum Gasteiger partial charge on any atom is 0.336 e. The molecule has 3 saturated carbocycles. The largest absolute Gasteiger partial charge is 0.478 e.